The van der Waals surface area contributed by atoms with Crippen molar-refractivity contribution in [2.45, 2.75) is 95.5 Å². The van der Waals surface area contributed by atoms with Crippen LogP contribution in [0.15, 0.2) is 0 Å². The molecule has 3 heterocycles. The summed E-state index contributed by atoms with van der Waals surface area (Å²) in [4.78, 5) is 0. The van der Waals surface area contributed by atoms with Crippen LogP contribution in [0.1, 0.15) is 41.5 Å². The Morgan fingerprint density at radius 1 is 0.909 bits per heavy atom. The lowest BCUT2D eigenvalue weighted by Gasteiger charge is -2.42. The average Bonchev–Trinajstić information content (AvgIpc) is 2.80. The molecule has 0 aromatic carbocycles. The Labute approximate surface area is 131 Å². The Hall–Kier alpha value is -0.280. The summed E-state index contributed by atoms with van der Waals surface area (Å²) in [5.41, 5.74) is 5.10. The maximum atomic E-state index is 10.3. The van der Waals surface area contributed by atoms with E-state index in [9.17, 15) is 5.11 Å². The second-order valence-corrected chi connectivity index (χ2v) is 7.81. The van der Waals surface area contributed by atoms with E-state index < -0.39 is 41.7 Å². The molecule has 0 radical (unpaired) electrons. The van der Waals surface area contributed by atoms with Gasteiger partial charge < -0.3 is 34.5 Å². The summed E-state index contributed by atoms with van der Waals surface area (Å²) in [6.45, 7) is 10.6. The predicted octanol–water partition coefficient (Wildman–Crippen LogP) is 0.481. The molecule has 3 fully saturated rings. The Balaban J connectivity index is 1.90. The zero-order valence-electron chi connectivity index (χ0n) is 14.0. The molecule has 22 heavy (non-hydrogen) atoms. The van der Waals surface area contributed by atoms with Crippen LogP contribution < -0.4 is 5.73 Å². The molecule has 0 aliphatic carbocycles. The molecular weight excluding hydrogens is 290 g/mol. The van der Waals surface area contributed by atoms with Crippen LogP contribution in [0.5, 0.6) is 0 Å². The van der Waals surface area contributed by atoms with Crippen molar-refractivity contribution in [2.24, 2.45) is 5.73 Å². The van der Waals surface area contributed by atoms with Gasteiger partial charge >= 0.3 is 0 Å². The molecule has 0 saturated carbocycles. The molecule has 128 valence electrons. The van der Waals surface area contributed by atoms with Crippen molar-refractivity contribution >= 4 is 0 Å². The minimum absolute atomic E-state index is 0.353. The summed E-state index contributed by atoms with van der Waals surface area (Å²) in [7, 11) is 0. The minimum atomic E-state index is -1.12. The monoisotopic (exact) mass is 317 g/mol. The molecule has 0 spiro atoms. The molecule has 0 unspecified atom stereocenters. The lowest BCUT2D eigenvalue weighted by atomic mass is 9.87. The number of nitrogens with two attached hydrogens (primary N) is 1. The summed E-state index contributed by atoms with van der Waals surface area (Å²) in [5.74, 6) is -1.52. The fourth-order valence-corrected chi connectivity index (χ4v) is 3.33. The first-order valence-electron chi connectivity index (χ1n) is 7.74. The van der Waals surface area contributed by atoms with Crippen molar-refractivity contribution in [3.05, 3.63) is 0 Å². The van der Waals surface area contributed by atoms with Gasteiger partial charge in [0.05, 0.1) is 11.6 Å². The van der Waals surface area contributed by atoms with Crippen LogP contribution in [0, 0.1) is 0 Å². The third-order valence-corrected chi connectivity index (χ3v) is 4.36. The lowest BCUT2D eigenvalue weighted by Crippen LogP contribution is -2.64. The zero-order valence-corrected chi connectivity index (χ0v) is 14.0. The quantitative estimate of drug-likeness (QED) is 0.765. The molecule has 0 aromatic rings. The van der Waals surface area contributed by atoms with Crippen LogP contribution in [0.25, 0.3) is 0 Å². The molecule has 3 saturated heterocycles. The van der Waals surface area contributed by atoms with Gasteiger partial charge in [-0.05, 0) is 41.5 Å². The molecule has 7 nitrogen and oxygen atoms in total. The van der Waals surface area contributed by atoms with Gasteiger partial charge in [0.15, 0.2) is 17.9 Å². The first kappa shape index (κ1) is 16.6. The van der Waals surface area contributed by atoms with Crippen molar-refractivity contribution in [1.82, 2.24) is 0 Å². The average molecular weight is 317 g/mol. The molecular formula is C15H27NO6. The molecule has 3 N–H and O–H groups in total. The molecule has 6 atom stereocenters. The maximum absolute atomic E-state index is 10.3. The lowest BCUT2D eigenvalue weighted by molar-refractivity contribution is -0.246. The van der Waals surface area contributed by atoms with Gasteiger partial charge in [-0.25, -0.2) is 0 Å². The Kier molecular flexibility index (Phi) is 3.66. The fourth-order valence-electron chi connectivity index (χ4n) is 3.33. The van der Waals surface area contributed by atoms with Crippen molar-refractivity contribution in [3.8, 4) is 0 Å². The van der Waals surface area contributed by atoms with E-state index in [4.69, 9.17) is 29.4 Å². The fraction of sp³-hybridized carbons (Fsp3) is 1.00. The second-order valence-electron chi connectivity index (χ2n) is 7.81. The number of rotatable bonds is 2. The van der Waals surface area contributed by atoms with Gasteiger partial charge in [0.2, 0.25) is 0 Å². The first-order valence-corrected chi connectivity index (χ1v) is 7.74. The SMILES string of the molecule is CC1(C)O[C@@H]2[C@H](O1)[C@H]1OC(C)(C)O[C@H]1O[C@@H]2[C@@H](N)C(C)(C)O. The van der Waals surface area contributed by atoms with Gasteiger partial charge in [0.25, 0.3) is 0 Å². The maximum Gasteiger partial charge on any atom is 0.190 e. The van der Waals surface area contributed by atoms with E-state index in [2.05, 4.69) is 0 Å². The number of aliphatic hydroxyl groups is 1. The number of hydrogen-bond acceptors (Lipinski definition) is 7. The van der Waals surface area contributed by atoms with Crippen molar-refractivity contribution < 1.29 is 28.8 Å². The van der Waals surface area contributed by atoms with E-state index in [1.807, 2.05) is 27.7 Å². The molecule has 0 bridgehead atoms. The van der Waals surface area contributed by atoms with E-state index in [-0.39, 0.29) is 12.2 Å². The number of ether oxygens (including phenoxy) is 5. The summed E-state index contributed by atoms with van der Waals surface area (Å²) in [6, 6.07) is -0.647. The third kappa shape index (κ3) is 2.80. The third-order valence-electron chi connectivity index (χ3n) is 4.36. The van der Waals surface area contributed by atoms with Gasteiger partial charge in [0.1, 0.15) is 24.4 Å². The van der Waals surface area contributed by atoms with Crippen LogP contribution in [-0.4, -0.2) is 59.0 Å². The van der Waals surface area contributed by atoms with Gasteiger partial charge in [-0.15, -0.1) is 0 Å². The van der Waals surface area contributed by atoms with Gasteiger partial charge in [-0.1, -0.05) is 0 Å². The molecule has 0 amide bonds. The van der Waals surface area contributed by atoms with Crippen LogP contribution >= 0.6 is 0 Å². The smallest absolute Gasteiger partial charge is 0.190 e. The molecule has 3 aliphatic heterocycles. The molecule has 0 aromatic heterocycles. The summed E-state index contributed by atoms with van der Waals surface area (Å²) >= 11 is 0. The highest BCUT2D eigenvalue weighted by Crippen LogP contribution is 2.45. The molecule has 3 rings (SSSR count). The Morgan fingerprint density at radius 2 is 1.41 bits per heavy atom. The van der Waals surface area contributed by atoms with Crippen molar-refractivity contribution in [1.29, 1.82) is 0 Å². The summed E-state index contributed by atoms with van der Waals surface area (Å²) < 4.78 is 29.7. The number of fused-ring (bicyclic) bond motifs is 3. The normalized spacial score (nSPS) is 44.5. The summed E-state index contributed by atoms with van der Waals surface area (Å²) in [6.07, 6.45) is -2.30. The van der Waals surface area contributed by atoms with Gasteiger partial charge in [-0.3, -0.25) is 0 Å². The van der Waals surface area contributed by atoms with Crippen LogP contribution in [-0.2, 0) is 23.7 Å². The van der Waals surface area contributed by atoms with Crippen LogP contribution in [0.2, 0.25) is 0 Å². The number of hydrogen-bond donors (Lipinski definition) is 2. The second kappa shape index (κ2) is 4.86. The topological polar surface area (TPSA) is 92.4 Å². The highest BCUT2D eigenvalue weighted by atomic mass is 16.9. The van der Waals surface area contributed by atoms with Gasteiger partial charge in [-0.2, -0.15) is 0 Å². The minimum Gasteiger partial charge on any atom is -0.389 e. The zero-order chi connectivity index (χ0) is 16.5. The van der Waals surface area contributed by atoms with E-state index >= 15 is 0 Å². The van der Waals surface area contributed by atoms with Crippen LogP contribution in [0.3, 0.4) is 0 Å². The van der Waals surface area contributed by atoms with Crippen molar-refractivity contribution in [2.75, 3.05) is 0 Å². The molecule has 3 aliphatic rings. The largest absolute Gasteiger partial charge is 0.389 e. The summed E-state index contributed by atoms with van der Waals surface area (Å²) in [5, 5.41) is 10.3. The Morgan fingerprint density at radius 3 is 2.00 bits per heavy atom. The van der Waals surface area contributed by atoms with Crippen LogP contribution in [0.4, 0.5) is 0 Å². The van der Waals surface area contributed by atoms with E-state index in [0.29, 0.717) is 0 Å². The van der Waals surface area contributed by atoms with E-state index in [1.165, 1.54) is 0 Å². The standard InChI is InChI=1S/C15H27NO6/c1-13(2,17)11(16)9-7-8(20-14(3,4)19-7)10-12(18-9)22-15(5,6)21-10/h7-12,17H,16H2,1-6H3/t7-,8+,9+,10-,11-,12-/m1/s1. The highest BCUT2D eigenvalue weighted by Gasteiger charge is 2.62. The van der Waals surface area contributed by atoms with E-state index in [0.717, 1.165) is 0 Å². The predicted molar refractivity (Wildman–Crippen MR) is 76.8 cm³/mol. The van der Waals surface area contributed by atoms with Crippen molar-refractivity contribution in [3.63, 3.8) is 0 Å². The Bertz CT molecular complexity index is 446. The van der Waals surface area contributed by atoms with E-state index in [1.54, 1.807) is 13.8 Å². The first-order chi connectivity index (χ1) is 9.90. The van der Waals surface area contributed by atoms with Gasteiger partial charge in [0, 0.05) is 0 Å². The molecule has 7 heteroatoms. The highest BCUT2D eigenvalue weighted by molar-refractivity contribution is 5.05.